The molecule has 1 aliphatic rings. The van der Waals surface area contributed by atoms with Crippen molar-refractivity contribution in [1.82, 2.24) is 14.9 Å². The first-order valence-corrected chi connectivity index (χ1v) is 8.63. The molecule has 132 valence electrons. The Morgan fingerprint density at radius 1 is 1.19 bits per heavy atom. The highest BCUT2D eigenvalue weighted by Crippen LogP contribution is 2.29. The number of rotatable bonds is 3. The Morgan fingerprint density at radius 2 is 1.96 bits per heavy atom. The van der Waals surface area contributed by atoms with E-state index < -0.39 is 0 Å². The van der Waals surface area contributed by atoms with Crippen molar-refractivity contribution < 1.29 is 9.59 Å². The Balaban J connectivity index is 1.46. The van der Waals surface area contributed by atoms with Crippen LogP contribution in [0.1, 0.15) is 34.6 Å². The maximum absolute atomic E-state index is 12.7. The number of likely N-dealkylation sites (tertiary alicyclic amines) is 1. The summed E-state index contributed by atoms with van der Waals surface area (Å²) in [5, 5.41) is 2.77. The van der Waals surface area contributed by atoms with Crippen LogP contribution in [0.2, 0.25) is 0 Å². The summed E-state index contributed by atoms with van der Waals surface area (Å²) >= 11 is 0. The van der Waals surface area contributed by atoms with Crippen molar-refractivity contribution in [1.29, 1.82) is 0 Å². The van der Waals surface area contributed by atoms with Crippen molar-refractivity contribution in [3.05, 3.63) is 59.4 Å². The largest absolute Gasteiger partial charge is 0.342 e. The summed E-state index contributed by atoms with van der Waals surface area (Å²) in [6.45, 7) is 4.64. The lowest BCUT2D eigenvalue weighted by atomic mass is 9.97. The standard InChI is InChI=1S/C20H20N4O2/c1-12-7-8-14(9-18(12)21-13(2)25)20(26)24-10-15(11-24)19-22-16-5-3-4-6-17(16)23-19/h3-9,15H,10-11H2,1-2H3,(H,21,25)(H,22,23). The Morgan fingerprint density at radius 3 is 2.69 bits per heavy atom. The van der Waals surface area contributed by atoms with Gasteiger partial charge in [0.2, 0.25) is 5.91 Å². The van der Waals surface area contributed by atoms with Crippen LogP contribution >= 0.6 is 0 Å². The number of H-pyrrole nitrogens is 1. The fourth-order valence-corrected chi connectivity index (χ4v) is 3.25. The molecule has 1 aliphatic heterocycles. The van der Waals surface area contributed by atoms with Gasteiger partial charge in [0.15, 0.2) is 0 Å². The van der Waals surface area contributed by atoms with Crippen LogP contribution in [0.4, 0.5) is 5.69 Å². The van der Waals surface area contributed by atoms with Crippen molar-refractivity contribution in [2.75, 3.05) is 18.4 Å². The Bertz CT molecular complexity index is 969. The number of aromatic amines is 1. The number of carbonyl (C=O) groups is 2. The molecule has 6 nitrogen and oxygen atoms in total. The Kier molecular flexibility index (Phi) is 3.95. The second kappa shape index (κ2) is 6.29. The molecule has 2 amide bonds. The van der Waals surface area contributed by atoms with E-state index in [1.807, 2.05) is 37.3 Å². The monoisotopic (exact) mass is 348 g/mol. The first kappa shape index (κ1) is 16.3. The molecule has 26 heavy (non-hydrogen) atoms. The average molecular weight is 348 g/mol. The van der Waals surface area contributed by atoms with Gasteiger partial charge in [-0.15, -0.1) is 0 Å². The minimum absolute atomic E-state index is 0.0241. The van der Waals surface area contributed by atoms with Crippen LogP contribution in [-0.2, 0) is 4.79 Å². The molecule has 0 spiro atoms. The summed E-state index contributed by atoms with van der Waals surface area (Å²) in [6.07, 6.45) is 0. The molecule has 1 aromatic heterocycles. The van der Waals surface area contributed by atoms with Gasteiger partial charge in [-0.2, -0.15) is 0 Å². The molecule has 0 radical (unpaired) electrons. The minimum Gasteiger partial charge on any atom is -0.342 e. The van der Waals surface area contributed by atoms with Crippen molar-refractivity contribution in [3.63, 3.8) is 0 Å². The van der Waals surface area contributed by atoms with Crippen LogP contribution in [-0.4, -0.2) is 39.8 Å². The fourth-order valence-electron chi connectivity index (χ4n) is 3.25. The highest BCUT2D eigenvalue weighted by molar-refractivity contribution is 5.97. The first-order chi connectivity index (χ1) is 12.5. The zero-order valence-electron chi connectivity index (χ0n) is 14.7. The predicted molar refractivity (Wildman–Crippen MR) is 100 cm³/mol. The maximum Gasteiger partial charge on any atom is 0.253 e. The van der Waals surface area contributed by atoms with Crippen molar-refractivity contribution >= 4 is 28.5 Å². The van der Waals surface area contributed by atoms with Crippen LogP contribution in [0.25, 0.3) is 11.0 Å². The van der Waals surface area contributed by atoms with Crippen LogP contribution < -0.4 is 5.32 Å². The van der Waals surface area contributed by atoms with Gasteiger partial charge in [0, 0.05) is 31.3 Å². The lowest BCUT2D eigenvalue weighted by Gasteiger charge is -2.38. The summed E-state index contributed by atoms with van der Waals surface area (Å²) < 4.78 is 0. The molecule has 0 saturated carbocycles. The third-order valence-corrected chi connectivity index (χ3v) is 4.76. The SMILES string of the molecule is CC(=O)Nc1cc(C(=O)N2CC(c3nc4ccccc4[nH]3)C2)ccc1C. The number of hydrogen-bond acceptors (Lipinski definition) is 3. The van der Waals surface area contributed by atoms with E-state index in [1.165, 1.54) is 6.92 Å². The summed E-state index contributed by atoms with van der Waals surface area (Å²) in [5.41, 5.74) is 4.16. The molecular weight excluding hydrogens is 328 g/mol. The number of carbonyl (C=O) groups excluding carboxylic acids is 2. The molecule has 2 aromatic carbocycles. The van der Waals surface area contributed by atoms with Gasteiger partial charge in [-0.3, -0.25) is 9.59 Å². The molecule has 0 unspecified atom stereocenters. The van der Waals surface area contributed by atoms with Gasteiger partial charge in [-0.1, -0.05) is 18.2 Å². The van der Waals surface area contributed by atoms with Crippen LogP contribution in [0.5, 0.6) is 0 Å². The fraction of sp³-hybridized carbons (Fsp3) is 0.250. The molecule has 6 heteroatoms. The van der Waals surface area contributed by atoms with Gasteiger partial charge in [0.25, 0.3) is 5.91 Å². The number of anilines is 1. The first-order valence-electron chi connectivity index (χ1n) is 8.63. The molecule has 0 atom stereocenters. The zero-order chi connectivity index (χ0) is 18.3. The highest BCUT2D eigenvalue weighted by atomic mass is 16.2. The third kappa shape index (κ3) is 2.94. The van der Waals surface area contributed by atoms with E-state index in [1.54, 1.807) is 17.0 Å². The van der Waals surface area contributed by atoms with E-state index in [0.29, 0.717) is 24.3 Å². The van der Waals surface area contributed by atoms with E-state index in [-0.39, 0.29) is 17.7 Å². The van der Waals surface area contributed by atoms with Crippen molar-refractivity contribution in [2.24, 2.45) is 0 Å². The maximum atomic E-state index is 12.7. The normalized spacial score (nSPS) is 14.3. The van der Waals surface area contributed by atoms with Gasteiger partial charge in [-0.25, -0.2) is 4.98 Å². The number of fused-ring (bicyclic) bond motifs is 1. The number of nitrogens with zero attached hydrogens (tertiary/aromatic N) is 2. The molecule has 2 heterocycles. The predicted octanol–water partition coefficient (Wildman–Crippen LogP) is 3.07. The smallest absolute Gasteiger partial charge is 0.253 e. The molecule has 0 bridgehead atoms. The van der Waals surface area contributed by atoms with E-state index in [4.69, 9.17) is 0 Å². The number of aromatic nitrogens is 2. The van der Waals surface area contributed by atoms with Crippen LogP contribution in [0.15, 0.2) is 42.5 Å². The minimum atomic E-state index is -0.147. The van der Waals surface area contributed by atoms with Crippen molar-refractivity contribution in [3.8, 4) is 0 Å². The lowest BCUT2D eigenvalue weighted by molar-refractivity contribution is -0.114. The second-order valence-electron chi connectivity index (χ2n) is 6.76. The number of nitrogens with one attached hydrogen (secondary N) is 2. The average Bonchev–Trinajstić information content (AvgIpc) is 2.98. The molecular formula is C20H20N4O2. The van der Waals surface area contributed by atoms with E-state index >= 15 is 0 Å². The molecule has 2 N–H and O–H groups in total. The Hall–Kier alpha value is -3.15. The molecule has 4 rings (SSSR count). The number of imidazole rings is 1. The van der Waals surface area contributed by atoms with Crippen molar-refractivity contribution in [2.45, 2.75) is 19.8 Å². The topological polar surface area (TPSA) is 78.1 Å². The lowest BCUT2D eigenvalue weighted by Crippen LogP contribution is -2.48. The third-order valence-electron chi connectivity index (χ3n) is 4.76. The van der Waals surface area contributed by atoms with Gasteiger partial charge < -0.3 is 15.2 Å². The van der Waals surface area contributed by atoms with Gasteiger partial charge >= 0.3 is 0 Å². The molecule has 1 fully saturated rings. The van der Waals surface area contributed by atoms with E-state index in [2.05, 4.69) is 15.3 Å². The van der Waals surface area contributed by atoms with Gasteiger partial charge in [-0.05, 0) is 36.8 Å². The quantitative estimate of drug-likeness (QED) is 0.763. The van der Waals surface area contributed by atoms with E-state index in [9.17, 15) is 9.59 Å². The number of hydrogen-bond donors (Lipinski definition) is 2. The number of para-hydroxylation sites is 2. The summed E-state index contributed by atoms with van der Waals surface area (Å²) in [5.74, 6) is 0.986. The molecule has 3 aromatic rings. The summed E-state index contributed by atoms with van der Waals surface area (Å²) in [7, 11) is 0. The van der Waals surface area contributed by atoms with Gasteiger partial charge in [0.05, 0.1) is 17.0 Å². The van der Waals surface area contributed by atoms with Crippen LogP contribution in [0, 0.1) is 6.92 Å². The number of amides is 2. The highest BCUT2D eigenvalue weighted by Gasteiger charge is 2.34. The zero-order valence-corrected chi connectivity index (χ0v) is 14.7. The van der Waals surface area contributed by atoms with Gasteiger partial charge in [0.1, 0.15) is 5.82 Å². The number of aryl methyl sites for hydroxylation is 1. The molecule has 1 saturated heterocycles. The van der Waals surface area contributed by atoms with E-state index in [0.717, 1.165) is 22.4 Å². The molecule has 0 aliphatic carbocycles. The Labute approximate surface area is 151 Å². The van der Waals surface area contributed by atoms with Crippen LogP contribution in [0.3, 0.4) is 0 Å². The number of benzene rings is 2. The summed E-state index contributed by atoms with van der Waals surface area (Å²) in [6, 6.07) is 13.3. The summed E-state index contributed by atoms with van der Waals surface area (Å²) in [4.78, 5) is 33.8. The second-order valence-corrected chi connectivity index (χ2v) is 6.76.